The maximum atomic E-state index is 12.7. The second-order valence-electron chi connectivity index (χ2n) is 3.60. The van der Waals surface area contributed by atoms with Crippen LogP contribution >= 0.6 is 0 Å². The second kappa shape index (κ2) is 4.91. The zero-order valence-electron chi connectivity index (χ0n) is 9.44. The van der Waals surface area contributed by atoms with Crippen LogP contribution in [0.1, 0.15) is 28.4 Å². The maximum Gasteiger partial charge on any atom is 0.417 e. The van der Waals surface area contributed by atoms with Gasteiger partial charge < -0.3 is 4.74 Å². The number of rotatable bonds is 3. The number of hydrogen-bond acceptors (Lipinski definition) is 2. The Morgan fingerprint density at radius 3 is 2.22 bits per heavy atom. The minimum absolute atomic E-state index is 0.0621. The fourth-order valence-corrected chi connectivity index (χ4v) is 1.62. The Bertz CT molecular complexity index is 465. The van der Waals surface area contributed by atoms with Gasteiger partial charge in [-0.15, -0.1) is 0 Å². The molecule has 0 atom stereocenters. The number of ketones is 1. The summed E-state index contributed by atoms with van der Waals surface area (Å²) in [5.41, 5.74) is -1.87. The summed E-state index contributed by atoms with van der Waals surface area (Å²) in [6.45, 7) is -1.02. The summed E-state index contributed by atoms with van der Waals surface area (Å²) in [6.07, 6.45) is -4.81. The van der Waals surface area contributed by atoms with E-state index in [1.807, 2.05) is 0 Å². The Balaban J connectivity index is 3.43. The summed E-state index contributed by atoms with van der Waals surface area (Å²) >= 11 is 0. The van der Waals surface area contributed by atoms with Crippen LogP contribution in [0.2, 0.25) is 0 Å². The van der Waals surface area contributed by atoms with Crippen LogP contribution in [0.3, 0.4) is 0 Å². The van der Waals surface area contributed by atoms with Gasteiger partial charge in [-0.1, -0.05) is 0 Å². The summed E-state index contributed by atoms with van der Waals surface area (Å²) < 4.78 is 66.0. The van der Waals surface area contributed by atoms with Crippen LogP contribution in [0.15, 0.2) is 12.1 Å². The molecule has 0 N–H and O–H groups in total. The zero-order chi connectivity index (χ0) is 14.1. The van der Waals surface area contributed by atoms with E-state index in [0.29, 0.717) is 6.07 Å². The van der Waals surface area contributed by atoms with Crippen molar-refractivity contribution >= 4 is 5.78 Å². The number of aryl methyl sites for hydroxylation is 1. The molecule has 0 aromatic heterocycles. The molecule has 0 spiro atoms. The number of Topliss-reactive ketones (excluding diaryl/α,β-unsaturated/α-hetero) is 1. The fraction of sp³-hybridized carbons (Fsp3) is 0.364. The van der Waals surface area contributed by atoms with Gasteiger partial charge in [0.2, 0.25) is 0 Å². The molecular weight excluding hydrogens is 259 g/mol. The lowest BCUT2D eigenvalue weighted by molar-refractivity contribution is -0.138. The van der Waals surface area contributed by atoms with E-state index in [4.69, 9.17) is 0 Å². The SMILES string of the molecule is CC(=O)c1c(C)cc(OC(F)F)cc1C(F)(F)F. The van der Waals surface area contributed by atoms with Crippen LogP contribution in [-0.2, 0) is 6.18 Å². The summed E-state index contributed by atoms with van der Waals surface area (Å²) in [7, 11) is 0. The Morgan fingerprint density at radius 2 is 1.83 bits per heavy atom. The number of benzene rings is 1. The molecule has 0 aliphatic heterocycles. The first kappa shape index (κ1) is 14.4. The Labute approximate surface area is 99.4 Å². The first-order valence-electron chi connectivity index (χ1n) is 4.80. The predicted molar refractivity (Wildman–Crippen MR) is 52.8 cm³/mol. The molecule has 0 fully saturated rings. The van der Waals surface area contributed by atoms with Gasteiger partial charge >= 0.3 is 12.8 Å². The van der Waals surface area contributed by atoms with Crippen molar-refractivity contribution in [3.8, 4) is 5.75 Å². The smallest absolute Gasteiger partial charge is 0.417 e. The molecule has 0 bridgehead atoms. The number of halogens is 5. The van der Waals surface area contributed by atoms with Gasteiger partial charge in [0.25, 0.3) is 0 Å². The van der Waals surface area contributed by atoms with Crippen molar-refractivity contribution in [2.45, 2.75) is 26.6 Å². The Hall–Kier alpha value is -1.66. The molecule has 1 aromatic carbocycles. The highest BCUT2D eigenvalue weighted by Crippen LogP contribution is 2.36. The van der Waals surface area contributed by atoms with Gasteiger partial charge in [0.05, 0.1) is 5.56 Å². The fourth-order valence-electron chi connectivity index (χ4n) is 1.62. The predicted octanol–water partition coefficient (Wildman–Crippen LogP) is 3.82. The summed E-state index contributed by atoms with van der Waals surface area (Å²) in [4.78, 5) is 11.2. The highest BCUT2D eigenvalue weighted by Gasteiger charge is 2.36. The van der Waals surface area contributed by atoms with Crippen molar-refractivity contribution in [3.05, 3.63) is 28.8 Å². The quantitative estimate of drug-likeness (QED) is 0.615. The van der Waals surface area contributed by atoms with Crippen molar-refractivity contribution < 1.29 is 31.5 Å². The van der Waals surface area contributed by atoms with Crippen LogP contribution in [0.5, 0.6) is 5.75 Å². The number of carbonyl (C=O) groups is 1. The number of hydrogen-bond donors (Lipinski definition) is 0. The highest BCUT2D eigenvalue weighted by atomic mass is 19.4. The van der Waals surface area contributed by atoms with Gasteiger partial charge in [-0.2, -0.15) is 22.0 Å². The van der Waals surface area contributed by atoms with Crippen LogP contribution in [0.25, 0.3) is 0 Å². The molecule has 0 amide bonds. The third kappa shape index (κ3) is 3.18. The third-order valence-electron chi connectivity index (χ3n) is 2.19. The van der Waals surface area contributed by atoms with Crippen molar-refractivity contribution in [1.29, 1.82) is 0 Å². The van der Waals surface area contributed by atoms with Crippen LogP contribution in [-0.4, -0.2) is 12.4 Å². The first-order valence-corrected chi connectivity index (χ1v) is 4.80. The number of ether oxygens (including phenoxy) is 1. The molecule has 0 saturated heterocycles. The minimum atomic E-state index is -4.81. The molecule has 0 aliphatic carbocycles. The Morgan fingerprint density at radius 1 is 1.28 bits per heavy atom. The van der Waals surface area contributed by atoms with Crippen molar-refractivity contribution in [3.63, 3.8) is 0 Å². The lowest BCUT2D eigenvalue weighted by Gasteiger charge is -2.15. The van der Waals surface area contributed by atoms with Crippen LogP contribution in [0.4, 0.5) is 22.0 Å². The van der Waals surface area contributed by atoms with Gasteiger partial charge in [-0.25, -0.2) is 0 Å². The molecule has 0 unspecified atom stereocenters. The largest absolute Gasteiger partial charge is 0.435 e. The average molecular weight is 268 g/mol. The number of alkyl halides is 5. The minimum Gasteiger partial charge on any atom is -0.435 e. The average Bonchev–Trinajstić information content (AvgIpc) is 2.12. The van der Waals surface area contributed by atoms with Crippen molar-refractivity contribution in [1.82, 2.24) is 0 Å². The Kier molecular flexibility index (Phi) is 3.93. The van der Waals surface area contributed by atoms with Crippen molar-refractivity contribution in [2.24, 2.45) is 0 Å². The molecular formula is C11H9F5O2. The monoisotopic (exact) mass is 268 g/mol. The first-order chi connectivity index (χ1) is 8.12. The van der Waals surface area contributed by atoms with E-state index < -0.39 is 35.4 Å². The zero-order valence-corrected chi connectivity index (χ0v) is 9.44. The molecule has 0 saturated carbocycles. The van der Waals surface area contributed by atoms with Gasteiger partial charge in [0.1, 0.15) is 5.75 Å². The molecule has 18 heavy (non-hydrogen) atoms. The lowest BCUT2D eigenvalue weighted by atomic mass is 9.98. The number of carbonyl (C=O) groups excluding carboxylic acids is 1. The summed E-state index contributed by atoms with van der Waals surface area (Å²) in [6, 6.07) is 1.37. The molecule has 7 heteroatoms. The topological polar surface area (TPSA) is 26.3 Å². The van der Waals surface area contributed by atoms with E-state index >= 15 is 0 Å². The van der Waals surface area contributed by atoms with Crippen molar-refractivity contribution in [2.75, 3.05) is 0 Å². The molecule has 100 valence electrons. The second-order valence-corrected chi connectivity index (χ2v) is 3.60. The van der Waals surface area contributed by atoms with E-state index in [2.05, 4.69) is 4.74 Å². The van der Waals surface area contributed by atoms with Gasteiger partial charge in [-0.3, -0.25) is 4.79 Å². The standard InChI is InChI=1S/C11H9F5O2/c1-5-3-7(18-10(12)13)4-8(11(14,15)16)9(5)6(2)17/h3-4,10H,1-2H3. The normalized spacial score (nSPS) is 11.8. The molecule has 1 rings (SSSR count). The third-order valence-corrected chi connectivity index (χ3v) is 2.19. The maximum absolute atomic E-state index is 12.7. The summed E-state index contributed by atoms with van der Waals surface area (Å²) in [5, 5.41) is 0. The van der Waals surface area contributed by atoms with Crippen LogP contribution < -0.4 is 4.74 Å². The lowest BCUT2D eigenvalue weighted by Crippen LogP contribution is -2.14. The summed E-state index contributed by atoms with van der Waals surface area (Å²) in [5.74, 6) is -1.41. The van der Waals surface area contributed by atoms with Gasteiger partial charge in [-0.05, 0) is 31.5 Å². The molecule has 1 aromatic rings. The van der Waals surface area contributed by atoms with E-state index in [1.165, 1.54) is 6.92 Å². The van der Waals surface area contributed by atoms with E-state index in [1.54, 1.807) is 0 Å². The molecule has 2 nitrogen and oxygen atoms in total. The van der Waals surface area contributed by atoms with Gasteiger partial charge in [0.15, 0.2) is 5.78 Å². The van der Waals surface area contributed by atoms with E-state index in [0.717, 1.165) is 13.0 Å². The van der Waals surface area contributed by atoms with Gasteiger partial charge in [0, 0.05) is 5.56 Å². The van der Waals surface area contributed by atoms with E-state index in [-0.39, 0.29) is 5.56 Å². The van der Waals surface area contributed by atoms with Crippen LogP contribution in [0, 0.1) is 6.92 Å². The molecule has 0 heterocycles. The molecule has 0 aliphatic rings. The van der Waals surface area contributed by atoms with E-state index in [9.17, 15) is 26.7 Å². The highest BCUT2D eigenvalue weighted by molar-refractivity contribution is 5.97. The molecule has 0 radical (unpaired) electrons.